The van der Waals surface area contributed by atoms with E-state index in [0.717, 1.165) is 11.1 Å². The second-order valence-corrected chi connectivity index (χ2v) is 7.10. The summed E-state index contributed by atoms with van der Waals surface area (Å²) in [5, 5.41) is 0.419. The predicted octanol–water partition coefficient (Wildman–Crippen LogP) is 4.79. The Kier molecular flexibility index (Phi) is 5.14. The van der Waals surface area contributed by atoms with Crippen LogP contribution in [0.15, 0.2) is 76.1 Å². The summed E-state index contributed by atoms with van der Waals surface area (Å²) in [6.07, 6.45) is 1.54. The van der Waals surface area contributed by atoms with Gasteiger partial charge in [0.2, 0.25) is 0 Å². The first-order valence-corrected chi connectivity index (χ1v) is 9.45. The third-order valence-corrected chi connectivity index (χ3v) is 4.83. The van der Waals surface area contributed by atoms with Gasteiger partial charge in [-0.3, -0.25) is 14.5 Å². The van der Waals surface area contributed by atoms with Gasteiger partial charge in [0, 0.05) is 17.8 Å². The van der Waals surface area contributed by atoms with E-state index in [1.807, 2.05) is 19.9 Å². The molecule has 150 valence electrons. The first kappa shape index (κ1) is 19.5. The summed E-state index contributed by atoms with van der Waals surface area (Å²) in [4.78, 5) is 31.6. The molecule has 0 aliphatic carbocycles. The molecule has 0 atom stereocenters. The van der Waals surface area contributed by atoms with Gasteiger partial charge in [0.25, 0.3) is 5.91 Å². The molecule has 2 aromatic carbocycles. The summed E-state index contributed by atoms with van der Waals surface area (Å²) in [6.45, 7) is 3.65. The van der Waals surface area contributed by atoms with E-state index in [4.69, 9.17) is 4.42 Å². The van der Waals surface area contributed by atoms with Gasteiger partial charge in [0.1, 0.15) is 17.2 Å². The van der Waals surface area contributed by atoms with Crippen molar-refractivity contribution in [2.75, 3.05) is 4.90 Å². The maximum atomic E-state index is 14.3. The van der Waals surface area contributed by atoms with Crippen molar-refractivity contribution in [2.24, 2.45) is 0 Å². The highest BCUT2D eigenvalue weighted by Crippen LogP contribution is 2.23. The van der Waals surface area contributed by atoms with Crippen molar-refractivity contribution in [1.29, 1.82) is 0 Å². The summed E-state index contributed by atoms with van der Waals surface area (Å²) in [6, 6.07) is 16.1. The smallest absolute Gasteiger partial charge is 0.295 e. The lowest BCUT2D eigenvalue weighted by Gasteiger charge is -2.21. The Bertz CT molecular complexity index is 1300. The third kappa shape index (κ3) is 3.72. The first-order valence-electron chi connectivity index (χ1n) is 9.45. The second kappa shape index (κ2) is 7.91. The Morgan fingerprint density at radius 1 is 1.07 bits per heavy atom. The van der Waals surface area contributed by atoms with E-state index in [0.29, 0.717) is 22.4 Å². The molecule has 0 unspecified atom stereocenters. The number of aryl methyl sites for hydroxylation is 2. The van der Waals surface area contributed by atoms with Crippen molar-refractivity contribution >= 4 is 22.7 Å². The van der Waals surface area contributed by atoms with Gasteiger partial charge >= 0.3 is 0 Å². The molecule has 2 heterocycles. The molecule has 0 N–H and O–H groups in total. The summed E-state index contributed by atoms with van der Waals surface area (Å²) < 4.78 is 20.1. The highest BCUT2D eigenvalue weighted by Gasteiger charge is 2.24. The molecule has 6 heteroatoms. The van der Waals surface area contributed by atoms with Crippen molar-refractivity contribution in [3.05, 3.63) is 105 Å². The molecule has 1 amide bonds. The van der Waals surface area contributed by atoms with Gasteiger partial charge in [-0.2, -0.15) is 0 Å². The number of nitrogens with zero attached hydrogens (tertiary/aromatic N) is 2. The van der Waals surface area contributed by atoms with Gasteiger partial charge in [-0.15, -0.1) is 0 Å². The van der Waals surface area contributed by atoms with Crippen LogP contribution in [0.5, 0.6) is 0 Å². The molecule has 0 spiro atoms. The highest BCUT2D eigenvalue weighted by molar-refractivity contribution is 6.04. The molecule has 0 aliphatic rings. The van der Waals surface area contributed by atoms with Crippen molar-refractivity contribution < 1.29 is 13.6 Å². The number of pyridine rings is 1. The van der Waals surface area contributed by atoms with Crippen LogP contribution in [0.3, 0.4) is 0 Å². The molecule has 2 aromatic heterocycles. The number of carbonyl (C=O) groups excluding carboxylic acids is 1. The van der Waals surface area contributed by atoms with Gasteiger partial charge < -0.3 is 4.42 Å². The number of hydrogen-bond donors (Lipinski definition) is 0. The number of halogens is 1. The SMILES string of the molecule is Cc1cc(C)c2oc(C(=O)N(Cc3ccccc3F)c3ccccn3)cc(=O)c2c1. The zero-order valence-corrected chi connectivity index (χ0v) is 16.6. The van der Waals surface area contributed by atoms with Crippen LogP contribution in [0, 0.1) is 19.7 Å². The van der Waals surface area contributed by atoms with Crippen molar-refractivity contribution in [3.63, 3.8) is 0 Å². The first-order chi connectivity index (χ1) is 14.4. The van der Waals surface area contributed by atoms with Gasteiger partial charge in [-0.05, 0) is 49.2 Å². The van der Waals surface area contributed by atoms with Crippen molar-refractivity contribution in [1.82, 2.24) is 4.98 Å². The molecule has 0 aliphatic heterocycles. The fraction of sp³-hybridized carbons (Fsp3) is 0.125. The standard InChI is InChI=1S/C24H19FN2O3/c1-15-11-16(2)23-18(12-15)20(28)13-21(30-23)24(29)27(22-9-5-6-10-26-22)14-17-7-3-4-8-19(17)25/h3-13H,14H2,1-2H3. The molecule has 0 saturated carbocycles. The molecule has 5 nitrogen and oxygen atoms in total. The zero-order chi connectivity index (χ0) is 21.3. The number of fused-ring (bicyclic) bond motifs is 1. The van der Waals surface area contributed by atoms with Crippen LogP contribution in [-0.2, 0) is 6.54 Å². The fourth-order valence-corrected chi connectivity index (χ4v) is 3.41. The molecule has 0 saturated heterocycles. The average Bonchev–Trinajstić information content (AvgIpc) is 2.74. The Hall–Kier alpha value is -3.80. The molecule has 0 fully saturated rings. The largest absolute Gasteiger partial charge is 0.450 e. The Morgan fingerprint density at radius 3 is 2.57 bits per heavy atom. The second-order valence-electron chi connectivity index (χ2n) is 7.10. The van der Waals surface area contributed by atoms with Crippen molar-refractivity contribution in [2.45, 2.75) is 20.4 Å². The van der Waals surface area contributed by atoms with E-state index in [1.54, 1.807) is 48.7 Å². The van der Waals surface area contributed by atoms with Crippen LogP contribution >= 0.6 is 0 Å². The quantitative estimate of drug-likeness (QED) is 0.492. The topological polar surface area (TPSA) is 63.4 Å². The van der Waals surface area contributed by atoms with Gasteiger partial charge in [0.05, 0.1) is 11.9 Å². The lowest BCUT2D eigenvalue weighted by atomic mass is 10.1. The van der Waals surface area contributed by atoms with E-state index < -0.39 is 11.7 Å². The summed E-state index contributed by atoms with van der Waals surface area (Å²) in [5.74, 6) is -0.802. The minimum Gasteiger partial charge on any atom is -0.450 e. The number of aromatic nitrogens is 1. The molecule has 0 bridgehead atoms. The van der Waals surface area contributed by atoms with Gasteiger partial charge in [-0.1, -0.05) is 30.3 Å². The molecular formula is C24H19FN2O3. The number of benzene rings is 2. The third-order valence-electron chi connectivity index (χ3n) is 4.83. The number of anilines is 1. The van der Waals surface area contributed by atoms with E-state index in [9.17, 15) is 14.0 Å². The summed E-state index contributed by atoms with van der Waals surface area (Å²) in [7, 11) is 0. The highest BCUT2D eigenvalue weighted by atomic mass is 19.1. The Labute approximate surface area is 172 Å². The minimum absolute atomic E-state index is 0.0584. The van der Waals surface area contributed by atoms with Crippen LogP contribution in [0.25, 0.3) is 11.0 Å². The number of hydrogen-bond acceptors (Lipinski definition) is 4. The summed E-state index contributed by atoms with van der Waals surface area (Å²) in [5.41, 5.74) is 2.07. The van der Waals surface area contributed by atoms with E-state index in [1.165, 1.54) is 17.0 Å². The van der Waals surface area contributed by atoms with Crippen LogP contribution in [0.4, 0.5) is 10.2 Å². The Morgan fingerprint density at radius 2 is 1.83 bits per heavy atom. The Balaban J connectivity index is 1.82. The molecule has 0 radical (unpaired) electrons. The number of amides is 1. The molecule has 4 rings (SSSR count). The lowest BCUT2D eigenvalue weighted by molar-refractivity contribution is 0.0958. The number of rotatable bonds is 4. The van der Waals surface area contributed by atoms with Gasteiger partial charge in [0.15, 0.2) is 11.2 Å². The maximum Gasteiger partial charge on any atom is 0.295 e. The normalized spacial score (nSPS) is 10.9. The van der Waals surface area contributed by atoms with Crippen LogP contribution in [0.1, 0.15) is 27.2 Å². The zero-order valence-electron chi connectivity index (χ0n) is 16.6. The van der Waals surface area contributed by atoms with Gasteiger partial charge in [-0.25, -0.2) is 9.37 Å². The van der Waals surface area contributed by atoms with Crippen LogP contribution in [-0.4, -0.2) is 10.9 Å². The fourth-order valence-electron chi connectivity index (χ4n) is 3.41. The van der Waals surface area contributed by atoms with E-state index in [2.05, 4.69) is 4.98 Å². The maximum absolute atomic E-state index is 14.3. The average molecular weight is 402 g/mol. The monoisotopic (exact) mass is 402 g/mol. The molecule has 30 heavy (non-hydrogen) atoms. The predicted molar refractivity (Wildman–Crippen MR) is 113 cm³/mol. The molecule has 4 aromatic rings. The summed E-state index contributed by atoms with van der Waals surface area (Å²) >= 11 is 0. The minimum atomic E-state index is -0.573. The van der Waals surface area contributed by atoms with Crippen LogP contribution in [0.2, 0.25) is 0 Å². The van der Waals surface area contributed by atoms with Crippen LogP contribution < -0.4 is 10.3 Å². The molecular weight excluding hydrogens is 383 g/mol. The lowest BCUT2D eigenvalue weighted by Crippen LogP contribution is -2.32. The number of carbonyl (C=O) groups is 1. The van der Waals surface area contributed by atoms with E-state index >= 15 is 0 Å². The van der Waals surface area contributed by atoms with Crippen molar-refractivity contribution in [3.8, 4) is 0 Å². The van der Waals surface area contributed by atoms with E-state index in [-0.39, 0.29) is 17.7 Å².